The van der Waals surface area contributed by atoms with Gasteiger partial charge >= 0.3 is 5.97 Å². The van der Waals surface area contributed by atoms with Crippen LogP contribution in [0.15, 0.2) is 54.6 Å². The summed E-state index contributed by atoms with van der Waals surface area (Å²) in [5, 5.41) is 20.5. The van der Waals surface area contributed by atoms with Crippen LogP contribution in [0.5, 0.6) is 0 Å². The largest absolute Gasteiger partial charge is 0.480 e. The van der Waals surface area contributed by atoms with Crippen molar-refractivity contribution in [3.05, 3.63) is 71.5 Å². The average molecular weight is 571 g/mol. The number of hydrogen-bond donors (Lipinski definition) is 2. The summed E-state index contributed by atoms with van der Waals surface area (Å²) in [7, 11) is 0. The molecule has 2 saturated heterocycles. The first-order chi connectivity index (χ1) is 19.7. The standard InChI is InChI=1S/C25H39FN2O3.C6H6.C4H10/c1-3-5-23(24(29)30)28-13-9-21(18-28)17-27-14-11-25(31,12-15-27)10-4-6-20-8-7-19(2)22(26)16-20;1-2-4-6-5-3-1;1-3-4-2/h7-8,16,21,23,31H,3-6,9-15,17-18H2,1-2H3,(H,29,30);1-6H;3-4H2,1-2H3. The topological polar surface area (TPSA) is 64.0 Å². The lowest BCUT2D eigenvalue weighted by molar-refractivity contribution is -0.143. The highest BCUT2D eigenvalue weighted by Crippen LogP contribution is 2.30. The van der Waals surface area contributed by atoms with Crippen molar-refractivity contribution < 1.29 is 19.4 Å². The monoisotopic (exact) mass is 570 g/mol. The molecule has 2 atom stereocenters. The fourth-order valence-electron chi connectivity index (χ4n) is 5.60. The van der Waals surface area contributed by atoms with E-state index in [9.17, 15) is 19.4 Å². The van der Waals surface area contributed by atoms with Crippen LogP contribution in [0, 0.1) is 18.7 Å². The molecule has 0 aliphatic carbocycles. The first kappa shape index (κ1) is 34.9. The van der Waals surface area contributed by atoms with Gasteiger partial charge in [0.1, 0.15) is 11.9 Å². The summed E-state index contributed by atoms with van der Waals surface area (Å²) in [6.07, 6.45) is 9.27. The van der Waals surface area contributed by atoms with Crippen LogP contribution in [0.3, 0.4) is 0 Å². The minimum Gasteiger partial charge on any atom is -0.480 e. The number of carboxylic acids is 1. The highest BCUT2D eigenvalue weighted by atomic mass is 19.1. The van der Waals surface area contributed by atoms with Crippen LogP contribution in [0.1, 0.15) is 89.7 Å². The van der Waals surface area contributed by atoms with E-state index >= 15 is 0 Å². The molecule has 230 valence electrons. The van der Waals surface area contributed by atoms with Crippen LogP contribution in [0.4, 0.5) is 4.39 Å². The van der Waals surface area contributed by atoms with Crippen molar-refractivity contribution >= 4 is 5.97 Å². The maximum atomic E-state index is 13.7. The van der Waals surface area contributed by atoms with Crippen LogP contribution in [0.2, 0.25) is 0 Å². The second kappa shape index (κ2) is 19.0. The van der Waals surface area contributed by atoms with Gasteiger partial charge in [0.25, 0.3) is 0 Å². The molecule has 5 nitrogen and oxygen atoms in total. The van der Waals surface area contributed by atoms with E-state index in [1.165, 1.54) is 12.8 Å². The number of benzene rings is 2. The quantitative estimate of drug-likeness (QED) is 0.296. The third kappa shape index (κ3) is 13.1. The number of aliphatic carboxylic acids is 1. The second-order valence-electron chi connectivity index (χ2n) is 11.9. The first-order valence-electron chi connectivity index (χ1n) is 15.9. The third-order valence-electron chi connectivity index (χ3n) is 8.42. The number of rotatable bonds is 11. The Morgan fingerprint density at radius 1 is 1.00 bits per heavy atom. The zero-order chi connectivity index (χ0) is 30.1. The Labute approximate surface area is 248 Å². The Bertz CT molecular complexity index is 950. The van der Waals surface area contributed by atoms with E-state index in [1.54, 1.807) is 13.0 Å². The molecule has 2 unspecified atom stereocenters. The predicted octanol–water partition coefficient (Wildman–Crippen LogP) is 7.35. The molecule has 2 N–H and O–H groups in total. The van der Waals surface area contributed by atoms with Crippen molar-refractivity contribution in [1.29, 1.82) is 0 Å². The van der Waals surface area contributed by atoms with E-state index < -0.39 is 11.6 Å². The molecule has 2 fully saturated rings. The molecule has 0 aromatic heterocycles. The van der Waals surface area contributed by atoms with Gasteiger partial charge in [0.05, 0.1) is 5.60 Å². The van der Waals surface area contributed by atoms with E-state index in [0.29, 0.717) is 17.9 Å². The number of carbonyl (C=O) groups is 1. The Hall–Kier alpha value is -2.28. The van der Waals surface area contributed by atoms with E-state index in [-0.39, 0.29) is 11.9 Å². The second-order valence-corrected chi connectivity index (χ2v) is 11.9. The summed E-state index contributed by atoms with van der Waals surface area (Å²) >= 11 is 0. The van der Waals surface area contributed by atoms with Crippen LogP contribution in [-0.4, -0.2) is 70.3 Å². The molecule has 2 aliphatic heterocycles. The number of aliphatic hydroxyl groups is 1. The number of halogens is 1. The van der Waals surface area contributed by atoms with Gasteiger partial charge in [-0.3, -0.25) is 9.69 Å². The van der Waals surface area contributed by atoms with Crippen molar-refractivity contribution in [3.8, 4) is 0 Å². The summed E-state index contributed by atoms with van der Waals surface area (Å²) in [5.74, 6) is -0.334. The molecule has 0 saturated carbocycles. The molecule has 4 rings (SSSR count). The van der Waals surface area contributed by atoms with Crippen LogP contribution in [-0.2, 0) is 11.2 Å². The molecule has 0 bridgehead atoms. The van der Waals surface area contributed by atoms with Gasteiger partial charge in [0, 0.05) is 26.2 Å². The fourth-order valence-corrected chi connectivity index (χ4v) is 5.60. The number of carboxylic acid groups (broad SMARTS) is 1. The number of unbranched alkanes of at least 4 members (excludes halogenated alkanes) is 1. The van der Waals surface area contributed by atoms with Crippen LogP contribution >= 0.6 is 0 Å². The molecule has 2 heterocycles. The minimum atomic E-state index is -0.695. The van der Waals surface area contributed by atoms with E-state index in [1.807, 2.05) is 55.5 Å². The summed E-state index contributed by atoms with van der Waals surface area (Å²) in [6, 6.07) is 17.1. The highest BCUT2D eigenvalue weighted by molar-refractivity contribution is 5.73. The van der Waals surface area contributed by atoms with E-state index in [0.717, 1.165) is 83.2 Å². The van der Waals surface area contributed by atoms with Gasteiger partial charge in [-0.05, 0) is 81.5 Å². The molecule has 0 radical (unpaired) electrons. The van der Waals surface area contributed by atoms with Crippen molar-refractivity contribution in [2.75, 3.05) is 32.7 Å². The Kier molecular flexibility index (Phi) is 16.2. The molecule has 2 aliphatic rings. The highest BCUT2D eigenvalue weighted by Gasteiger charge is 2.35. The number of piperidine rings is 1. The Morgan fingerprint density at radius 3 is 2.12 bits per heavy atom. The maximum absolute atomic E-state index is 13.7. The molecular weight excluding hydrogens is 515 g/mol. The zero-order valence-corrected chi connectivity index (χ0v) is 26.0. The van der Waals surface area contributed by atoms with Gasteiger partial charge < -0.3 is 15.1 Å². The summed E-state index contributed by atoms with van der Waals surface area (Å²) in [4.78, 5) is 16.1. The molecule has 0 spiro atoms. The minimum absolute atomic E-state index is 0.153. The Balaban J connectivity index is 0.000000497. The van der Waals surface area contributed by atoms with E-state index in [4.69, 9.17) is 0 Å². The molecule has 2 aromatic carbocycles. The van der Waals surface area contributed by atoms with Crippen LogP contribution < -0.4 is 0 Å². The predicted molar refractivity (Wildman–Crippen MR) is 168 cm³/mol. The summed E-state index contributed by atoms with van der Waals surface area (Å²) < 4.78 is 13.7. The Morgan fingerprint density at radius 2 is 1.61 bits per heavy atom. The van der Waals surface area contributed by atoms with E-state index in [2.05, 4.69) is 23.6 Å². The van der Waals surface area contributed by atoms with Crippen molar-refractivity contribution in [1.82, 2.24) is 9.80 Å². The normalized spacial score (nSPS) is 19.4. The maximum Gasteiger partial charge on any atom is 0.320 e. The number of nitrogens with zero attached hydrogens (tertiary/aromatic N) is 2. The smallest absolute Gasteiger partial charge is 0.320 e. The molecule has 2 aromatic rings. The van der Waals surface area contributed by atoms with Gasteiger partial charge in [0.2, 0.25) is 0 Å². The molecular formula is C35H55FN2O3. The van der Waals surface area contributed by atoms with Gasteiger partial charge in [0.15, 0.2) is 0 Å². The first-order valence-corrected chi connectivity index (χ1v) is 15.9. The SMILES string of the molecule is CCCC.CCCC(C(=O)O)N1CCC(CN2CCC(O)(CCCc3ccc(C)c(F)c3)CC2)C1.c1ccccc1. The molecule has 0 amide bonds. The lowest BCUT2D eigenvalue weighted by Crippen LogP contribution is -2.46. The fraction of sp³-hybridized carbons (Fsp3) is 0.629. The number of hydrogen-bond acceptors (Lipinski definition) is 4. The summed E-state index contributed by atoms with van der Waals surface area (Å²) in [5.41, 5.74) is 1.05. The summed E-state index contributed by atoms with van der Waals surface area (Å²) in [6.45, 7) is 12.7. The lowest BCUT2D eigenvalue weighted by Gasteiger charge is -2.39. The van der Waals surface area contributed by atoms with Gasteiger partial charge in [-0.15, -0.1) is 0 Å². The zero-order valence-electron chi connectivity index (χ0n) is 26.0. The van der Waals surface area contributed by atoms with Crippen molar-refractivity contribution in [2.24, 2.45) is 5.92 Å². The van der Waals surface area contributed by atoms with Gasteiger partial charge in [-0.1, -0.05) is 88.6 Å². The molecule has 6 heteroatoms. The van der Waals surface area contributed by atoms with Crippen LogP contribution in [0.25, 0.3) is 0 Å². The van der Waals surface area contributed by atoms with Gasteiger partial charge in [-0.2, -0.15) is 0 Å². The average Bonchev–Trinajstić information content (AvgIpc) is 3.44. The number of aryl methyl sites for hydroxylation is 2. The molecule has 41 heavy (non-hydrogen) atoms. The van der Waals surface area contributed by atoms with Gasteiger partial charge in [-0.25, -0.2) is 4.39 Å². The van der Waals surface area contributed by atoms with Crippen molar-refractivity contribution in [2.45, 2.75) is 104 Å². The number of likely N-dealkylation sites (tertiary alicyclic amines) is 2. The van der Waals surface area contributed by atoms with Crippen molar-refractivity contribution in [3.63, 3.8) is 0 Å². The third-order valence-corrected chi connectivity index (χ3v) is 8.42. The lowest BCUT2D eigenvalue weighted by atomic mass is 9.85.